The topological polar surface area (TPSA) is 50.9 Å². The maximum atomic E-state index is 6.06. The Bertz CT molecular complexity index is 506. The van der Waals surface area contributed by atoms with Crippen molar-refractivity contribution >= 4 is 23.0 Å². The van der Waals surface area contributed by atoms with Gasteiger partial charge in [-0.1, -0.05) is 23.7 Å². The molecule has 0 saturated carbocycles. The Balaban J connectivity index is 2.13. The first-order valence-corrected chi connectivity index (χ1v) is 5.75. The van der Waals surface area contributed by atoms with Crippen molar-refractivity contribution in [2.24, 2.45) is 0 Å². The summed E-state index contributed by atoms with van der Waals surface area (Å²) in [7, 11) is 0. The number of pyridine rings is 1. The molecule has 0 aliphatic rings. The number of hydrogen-bond acceptors (Lipinski definition) is 3. The SMILES string of the molecule is Cc1cccc(CNc2c(N)cccc2Cl)n1. The first-order chi connectivity index (χ1) is 8.16. The molecule has 3 N–H and O–H groups in total. The van der Waals surface area contributed by atoms with E-state index in [2.05, 4.69) is 10.3 Å². The summed E-state index contributed by atoms with van der Waals surface area (Å²) in [5, 5.41) is 3.83. The third-order valence-corrected chi connectivity index (χ3v) is 2.75. The number of benzene rings is 1. The largest absolute Gasteiger partial charge is 0.397 e. The minimum Gasteiger partial charge on any atom is -0.397 e. The van der Waals surface area contributed by atoms with Gasteiger partial charge in [-0.3, -0.25) is 4.98 Å². The highest BCUT2D eigenvalue weighted by Gasteiger charge is 2.04. The number of nitrogens with two attached hydrogens (primary N) is 1. The number of para-hydroxylation sites is 1. The number of anilines is 2. The number of nitrogens with one attached hydrogen (secondary N) is 1. The molecule has 4 heteroatoms. The zero-order chi connectivity index (χ0) is 12.3. The first kappa shape index (κ1) is 11.7. The minimum atomic E-state index is 0.607. The predicted octanol–water partition coefficient (Wildman–Crippen LogP) is 3.24. The Morgan fingerprint density at radius 3 is 2.71 bits per heavy atom. The van der Waals surface area contributed by atoms with Crippen molar-refractivity contribution in [3.63, 3.8) is 0 Å². The van der Waals surface area contributed by atoms with Crippen molar-refractivity contribution < 1.29 is 0 Å². The fourth-order valence-corrected chi connectivity index (χ4v) is 1.85. The van der Waals surface area contributed by atoms with Gasteiger partial charge in [0.05, 0.1) is 28.6 Å². The quantitative estimate of drug-likeness (QED) is 0.819. The second kappa shape index (κ2) is 5.06. The highest BCUT2D eigenvalue weighted by atomic mass is 35.5. The molecule has 0 radical (unpaired) electrons. The second-order valence-corrected chi connectivity index (χ2v) is 4.24. The van der Waals surface area contributed by atoms with Gasteiger partial charge in [-0.15, -0.1) is 0 Å². The summed E-state index contributed by atoms with van der Waals surface area (Å²) >= 11 is 6.06. The molecular formula is C13H14ClN3. The number of aryl methyl sites for hydroxylation is 1. The highest BCUT2D eigenvalue weighted by molar-refractivity contribution is 6.33. The van der Waals surface area contributed by atoms with E-state index in [1.54, 1.807) is 0 Å². The van der Waals surface area contributed by atoms with E-state index in [0.29, 0.717) is 17.3 Å². The average molecular weight is 248 g/mol. The number of nitrogen functional groups attached to an aromatic ring is 1. The molecule has 0 bridgehead atoms. The van der Waals surface area contributed by atoms with E-state index in [4.69, 9.17) is 17.3 Å². The summed E-state index contributed by atoms with van der Waals surface area (Å²) in [6, 6.07) is 11.4. The minimum absolute atomic E-state index is 0.607. The van der Waals surface area contributed by atoms with E-state index in [-0.39, 0.29) is 0 Å². The van der Waals surface area contributed by atoms with E-state index in [0.717, 1.165) is 17.1 Å². The van der Waals surface area contributed by atoms with Gasteiger partial charge in [0.1, 0.15) is 0 Å². The van der Waals surface area contributed by atoms with E-state index in [1.165, 1.54) is 0 Å². The lowest BCUT2D eigenvalue weighted by atomic mass is 10.2. The van der Waals surface area contributed by atoms with Crippen molar-refractivity contribution in [1.82, 2.24) is 4.98 Å². The molecule has 0 unspecified atom stereocenters. The fourth-order valence-electron chi connectivity index (χ4n) is 1.60. The van der Waals surface area contributed by atoms with Gasteiger partial charge in [0.2, 0.25) is 0 Å². The molecule has 0 atom stereocenters. The van der Waals surface area contributed by atoms with Crippen LogP contribution in [0.3, 0.4) is 0 Å². The first-order valence-electron chi connectivity index (χ1n) is 5.37. The molecule has 2 aromatic rings. The highest BCUT2D eigenvalue weighted by Crippen LogP contribution is 2.28. The van der Waals surface area contributed by atoms with Crippen LogP contribution in [0.15, 0.2) is 36.4 Å². The molecule has 0 saturated heterocycles. The van der Waals surface area contributed by atoms with Gasteiger partial charge >= 0.3 is 0 Å². The lowest BCUT2D eigenvalue weighted by Crippen LogP contribution is -2.04. The summed E-state index contributed by atoms with van der Waals surface area (Å²) in [4.78, 5) is 4.40. The molecule has 3 nitrogen and oxygen atoms in total. The van der Waals surface area contributed by atoms with Crippen molar-refractivity contribution in [1.29, 1.82) is 0 Å². The zero-order valence-corrected chi connectivity index (χ0v) is 10.3. The number of rotatable bonds is 3. The van der Waals surface area contributed by atoms with Gasteiger partial charge in [-0.05, 0) is 31.2 Å². The number of nitrogens with zero attached hydrogens (tertiary/aromatic N) is 1. The van der Waals surface area contributed by atoms with Crippen LogP contribution in [0.25, 0.3) is 0 Å². The Morgan fingerprint density at radius 1 is 1.24 bits per heavy atom. The van der Waals surface area contributed by atoms with E-state index < -0.39 is 0 Å². The van der Waals surface area contributed by atoms with Gasteiger partial charge in [0, 0.05) is 5.69 Å². The number of hydrogen-bond donors (Lipinski definition) is 2. The maximum Gasteiger partial charge on any atom is 0.0766 e. The Kier molecular flexibility index (Phi) is 3.49. The molecule has 0 fully saturated rings. The van der Waals surface area contributed by atoms with Crippen LogP contribution in [0.5, 0.6) is 0 Å². The van der Waals surface area contributed by atoms with E-state index in [9.17, 15) is 0 Å². The normalized spacial score (nSPS) is 10.2. The van der Waals surface area contributed by atoms with Crippen molar-refractivity contribution in [3.8, 4) is 0 Å². The molecule has 0 amide bonds. The third-order valence-electron chi connectivity index (χ3n) is 2.44. The molecule has 1 aromatic heterocycles. The van der Waals surface area contributed by atoms with Crippen molar-refractivity contribution in [2.45, 2.75) is 13.5 Å². The summed E-state index contributed by atoms with van der Waals surface area (Å²) in [6.45, 7) is 2.57. The lowest BCUT2D eigenvalue weighted by Gasteiger charge is -2.10. The Hall–Kier alpha value is -1.74. The lowest BCUT2D eigenvalue weighted by molar-refractivity contribution is 1.02. The predicted molar refractivity (Wildman–Crippen MR) is 72.2 cm³/mol. The fraction of sp³-hybridized carbons (Fsp3) is 0.154. The van der Waals surface area contributed by atoms with Crippen LogP contribution < -0.4 is 11.1 Å². The second-order valence-electron chi connectivity index (χ2n) is 3.83. The molecule has 0 spiro atoms. The molecule has 88 valence electrons. The Labute approximate surface area is 106 Å². The standard InChI is InChI=1S/C13H14ClN3/c1-9-4-2-5-10(17-9)8-16-13-11(14)6-3-7-12(13)15/h2-7,16H,8,15H2,1H3. The van der Waals surface area contributed by atoms with Crippen LogP contribution >= 0.6 is 11.6 Å². The van der Waals surface area contributed by atoms with Gasteiger partial charge in [0.25, 0.3) is 0 Å². The number of aromatic nitrogens is 1. The molecule has 1 aromatic carbocycles. The van der Waals surface area contributed by atoms with Crippen LogP contribution in [0, 0.1) is 6.92 Å². The van der Waals surface area contributed by atoms with Crippen LogP contribution in [0.1, 0.15) is 11.4 Å². The number of halogens is 1. The van der Waals surface area contributed by atoms with E-state index >= 15 is 0 Å². The summed E-state index contributed by atoms with van der Waals surface area (Å²) in [5.41, 5.74) is 9.21. The summed E-state index contributed by atoms with van der Waals surface area (Å²) in [5.74, 6) is 0. The van der Waals surface area contributed by atoms with Crippen molar-refractivity contribution in [3.05, 3.63) is 52.8 Å². The molecule has 1 heterocycles. The van der Waals surface area contributed by atoms with Crippen LogP contribution in [-0.2, 0) is 6.54 Å². The molecule has 2 rings (SSSR count). The monoisotopic (exact) mass is 247 g/mol. The van der Waals surface area contributed by atoms with Gasteiger partial charge in [0.15, 0.2) is 0 Å². The van der Waals surface area contributed by atoms with Crippen LogP contribution in [0.4, 0.5) is 11.4 Å². The summed E-state index contributed by atoms with van der Waals surface area (Å²) < 4.78 is 0. The van der Waals surface area contributed by atoms with Gasteiger partial charge in [-0.2, -0.15) is 0 Å². The molecular weight excluding hydrogens is 234 g/mol. The maximum absolute atomic E-state index is 6.06. The zero-order valence-electron chi connectivity index (χ0n) is 9.57. The van der Waals surface area contributed by atoms with Gasteiger partial charge in [-0.25, -0.2) is 0 Å². The molecule has 0 aliphatic heterocycles. The van der Waals surface area contributed by atoms with E-state index in [1.807, 2.05) is 43.3 Å². The summed E-state index contributed by atoms with van der Waals surface area (Å²) in [6.07, 6.45) is 0. The molecule has 17 heavy (non-hydrogen) atoms. The van der Waals surface area contributed by atoms with Crippen LogP contribution in [0.2, 0.25) is 5.02 Å². The van der Waals surface area contributed by atoms with Crippen molar-refractivity contribution in [2.75, 3.05) is 11.1 Å². The Morgan fingerprint density at radius 2 is 2.00 bits per heavy atom. The average Bonchev–Trinajstić information content (AvgIpc) is 2.28. The smallest absolute Gasteiger partial charge is 0.0766 e. The van der Waals surface area contributed by atoms with Gasteiger partial charge < -0.3 is 11.1 Å². The third kappa shape index (κ3) is 2.88. The van der Waals surface area contributed by atoms with Crippen LogP contribution in [-0.4, -0.2) is 4.98 Å². The molecule has 0 aliphatic carbocycles.